The van der Waals surface area contributed by atoms with Crippen LogP contribution in [0.1, 0.15) is 25.8 Å². The third kappa shape index (κ3) is 4.09. The summed E-state index contributed by atoms with van der Waals surface area (Å²) in [7, 11) is 4.31. The van der Waals surface area contributed by atoms with Gasteiger partial charge in [-0.05, 0) is 44.6 Å². The second kappa shape index (κ2) is 7.43. The Morgan fingerprint density at radius 1 is 1.43 bits per heavy atom. The van der Waals surface area contributed by atoms with Gasteiger partial charge in [0.05, 0.1) is 5.02 Å². The Morgan fingerprint density at radius 3 is 2.81 bits per heavy atom. The number of pyridine rings is 1. The SMILES string of the molecule is CCCNCc1cc(N2CC(C)C(N(C)C)C2)ncc1Cl. The molecule has 0 spiro atoms. The van der Waals surface area contributed by atoms with Gasteiger partial charge in [-0.1, -0.05) is 25.4 Å². The number of hydrogen-bond donors (Lipinski definition) is 1. The van der Waals surface area contributed by atoms with Gasteiger partial charge in [0.1, 0.15) is 5.82 Å². The van der Waals surface area contributed by atoms with E-state index in [1.54, 1.807) is 6.20 Å². The highest BCUT2D eigenvalue weighted by atomic mass is 35.5. The van der Waals surface area contributed by atoms with Crippen LogP contribution in [-0.2, 0) is 6.54 Å². The van der Waals surface area contributed by atoms with Crippen LogP contribution in [0.15, 0.2) is 12.3 Å². The van der Waals surface area contributed by atoms with Crippen molar-refractivity contribution in [2.75, 3.05) is 38.6 Å². The van der Waals surface area contributed by atoms with Crippen molar-refractivity contribution in [3.63, 3.8) is 0 Å². The largest absolute Gasteiger partial charge is 0.355 e. The van der Waals surface area contributed by atoms with E-state index in [4.69, 9.17) is 11.6 Å². The predicted molar refractivity (Wildman–Crippen MR) is 90.1 cm³/mol. The normalized spacial score (nSPS) is 22.3. The lowest BCUT2D eigenvalue weighted by atomic mass is 10.1. The number of nitrogens with zero attached hydrogens (tertiary/aromatic N) is 3. The Morgan fingerprint density at radius 2 is 2.19 bits per heavy atom. The van der Waals surface area contributed by atoms with E-state index in [2.05, 4.69) is 54.1 Å². The fourth-order valence-corrected chi connectivity index (χ4v) is 3.16. The first-order chi connectivity index (χ1) is 10.0. The highest BCUT2D eigenvalue weighted by Crippen LogP contribution is 2.27. The van der Waals surface area contributed by atoms with Crippen molar-refractivity contribution in [1.82, 2.24) is 15.2 Å². The molecule has 1 aromatic heterocycles. The molecule has 1 saturated heterocycles. The van der Waals surface area contributed by atoms with Crippen LogP contribution < -0.4 is 10.2 Å². The first kappa shape index (κ1) is 16.5. The summed E-state index contributed by atoms with van der Waals surface area (Å²) in [5.41, 5.74) is 1.14. The zero-order valence-electron chi connectivity index (χ0n) is 13.6. The van der Waals surface area contributed by atoms with E-state index in [1.165, 1.54) is 0 Å². The standard InChI is InChI=1S/C16H27ClN4/c1-5-6-18-8-13-7-16(19-9-14(13)17)21-10-12(2)15(11-21)20(3)4/h7,9,12,15,18H,5-6,8,10-11H2,1-4H3. The molecule has 21 heavy (non-hydrogen) atoms. The van der Waals surface area contributed by atoms with Gasteiger partial charge < -0.3 is 15.1 Å². The van der Waals surface area contributed by atoms with E-state index in [9.17, 15) is 0 Å². The summed E-state index contributed by atoms with van der Waals surface area (Å²) >= 11 is 6.26. The third-order valence-corrected chi connectivity index (χ3v) is 4.56. The lowest BCUT2D eigenvalue weighted by molar-refractivity contribution is 0.266. The molecule has 0 saturated carbocycles. The van der Waals surface area contributed by atoms with Gasteiger partial charge in [0, 0.05) is 31.9 Å². The Hall–Kier alpha value is -0.840. The van der Waals surface area contributed by atoms with E-state index >= 15 is 0 Å². The summed E-state index contributed by atoms with van der Waals surface area (Å²) in [6, 6.07) is 2.72. The van der Waals surface area contributed by atoms with Crippen LogP contribution in [0.4, 0.5) is 5.82 Å². The first-order valence-electron chi connectivity index (χ1n) is 7.79. The second-order valence-corrected chi connectivity index (χ2v) is 6.63. The summed E-state index contributed by atoms with van der Waals surface area (Å²) < 4.78 is 0. The molecule has 0 radical (unpaired) electrons. The van der Waals surface area contributed by atoms with Crippen LogP contribution >= 0.6 is 11.6 Å². The van der Waals surface area contributed by atoms with Gasteiger partial charge in [-0.25, -0.2) is 4.98 Å². The molecule has 4 nitrogen and oxygen atoms in total. The smallest absolute Gasteiger partial charge is 0.128 e. The maximum atomic E-state index is 6.26. The monoisotopic (exact) mass is 310 g/mol. The van der Waals surface area contributed by atoms with Crippen LogP contribution in [0.3, 0.4) is 0 Å². The molecule has 2 unspecified atom stereocenters. The molecule has 2 atom stereocenters. The van der Waals surface area contributed by atoms with Crippen molar-refractivity contribution in [3.8, 4) is 0 Å². The number of nitrogens with one attached hydrogen (secondary N) is 1. The number of halogens is 1. The molecule has 5 heteroatoms. The molecule has 1 aromatic rings. The summed E-state index contributed by atoms with van der Waals surface area (Å²) in [5.74, 6) is 1.70. The van der Waals surface area contributed by atoms with E-state index in [0.29, 0.717) is 12.0 Å². The molecule has 1 N–H and O–H groups in total. The van der Waals surface area contributed by atoms with Crippen LogP contribution in [-0.4, -0.2) is 49.7 Å². The number of likely N-dealkylation sites (N-methyl/N-ethyl adjacent to an activating group) is 1. The van der Waals surface area contributed by atoms with E-state index in [0.717, 1.165) is 49.0 Å². The molecule has 0 aromatic carbocycles. The highest BCUT2D eigenvalue weighted by Gasteiger charge is 2.31. The van der Waals surface area contributed by atoms with Crippen molar-refractivity contribution >= 4 is 17.4 Å². The number of hydrogen-bond acceptors (Lipinski definition) is 4. The van der Waals surface area contributed by atoms with Crippen LogP contribution in [0, 0.1) is 5.92 Å². The molecule has 1 aliphatic rings. The summed E-state index contributed by atoms with van der Waals surface area (Å²) in [5, 5.41) is 4.16. The highest BCUT2D eigenvalue weighted by molar-refractivity contribution is 6.31. The van der Waals surface area contributed by atoms with Gasteiger partial charge in [0.2, 0.25) is 0 Å². The Labute approximate surface area is 133 Å². The van der Waals surface area contributed by atoms with E-state index in [1.807, 2.05) is 0 Å². The molecular formula is C16H27ClN4. The maximum absolute atomic E-state index is 6.26. The lowest BCUT2D eigenvalue weighted by Crippen LogP contribution is -2.34. The molecule has 2 rings (SSSR count). The Bertz CT molecular complexity index is 464. The zero-order chi connectivity index (χ0) is 15.4. The van der Waals surface area contributed by atoms with Crippen molar-refractivity contribution in [2.24, 2.45) is 5.92 Å². The van der Waals surface area contributed by atoms with Gasteiger partial charge >= 0.3 is 0 Å². The fourth-order valence-electron chi connectivity index (χ4n) is 2.98. The number of anilines is 1. The maximum Gasteiger partial charge on any atom is 0.128 e. The van der Waals surface area contributed by atoms with Crippen LogP contribution in [0.2, 0.25) is 5.02 Å². The molecule has 118 valence electrons. The molecule has 2 heterocycles. The summed E-state index contributed by atoms with van der Waals surface area (Å²) in [4.78, 5) is 9.20. The third-order valence-electron chi connectivity index (χ3n) is 4.22. The van der Waals surface area contributed by atoms with Crippen LogP contribution in [0.5, 0.6) is 0 Å². The topological polar surface area (TPSA) is 31.4 Å². The van der Waals surface area contributed by atoms with Crippen molar-refractivity contribution < 1.29 is 0 Å². The average molecular weight is 311 g/mol. The summed E-state index contributed by atoms with van der Waals surface area (Å²) in [6.45, 7) is 8.38. The average Bonchev–Trinajstić information content (AvgIpc) is 2.83. The van der Waals surface area contributed by atoms with Gasteiger partial charge in [-0.2, -0.15) is 0 Å². The van der Waals surface area contributed by atoms with Gasteiger partial charge in [-0.3, -0.25) is 0 Å². The van der Waals surface area contributed by atoms with E-state index < -0.39 is 0 Å². The minimum absolute atomic E-state index is 0.587. The molecule has 0 amide bonds. The fraction of sp³-hybridized carbons (Fsp3) is 0.688. The molecular weight excluding hydrogens is 284 g/mol. The lowest BCUT2D eigenvalue weighted by Gasteiger charge is -2.23. The van der Waals surface area contributed by atoms with Gasteiger partial charge in [0.15, 0.2) is 0 Å². The number of aromatic nitrogens is 1. The Balaban J connectivity index is 2.08. The number of rotatable bonds is 6. The van der Waals surface area contributed by atoms with Crippen molar-refractivity contribution in [3.05, 3.63) is 22.8 Å². The Kier molecular flexibility index (Phi) is 5.85. The second-order valence-electron chi connectivity index (χ2n) is 6.22. The first-order valence-corrected chi connectivity index (χ1v) is 8.17. The molecule has 0 aliphatic carbocycles. The van der Waals surface area contributed by atoms with Gasteiger partial charge in [0.25, 0.3) is 0 Å². The molecule has 0 bridgehead atoms. The van der Waals surface area contributed by atoms with Crippen molar-refractivity contribution in [1.29, 1.82) is 0 Å². The molecule has 1 aliphatic heterocycles. The minimum atomic E-state index is 0.587. The van der Waals surface area contributed by atoms with E-state index in [-0.39, 0.29) is 0 Å². The van der Waals surface area contributed by atoms with Crippen LogP contribution in [0.25, 0.3) is 0 Å². The quantitative estimate of drug-likeness (QED) is 0.819. The summed E-state index contributed by atoms with van der Waals surface area (Å²) in [6.07, 6.45) is 2.91. The van der Waals surface area contributed by atoms with Gasteiger partial charge in [-0.15, -0.1) is 0 Å². The van der Waals surface area contributed by atoms with Crippen molar-refractivity contribution in [2.45, 2.75) is 32.9 Å². The predicted octanol–water partition coefficient (Wildman–Crippen LogP) is 2.62. The molecule has 1 fully saturated rings. The minimum Gasteiger partial charge on any atom is -0.355 e. The zero-order valence-corrected chi connectivity index (χ0v) is 14.3.